The normalized spacial score (nSPS) is 26.0. The molecule has 0 aromatic rings. The minimum absolute atomic E-state index is 0.104. The molecule has 1 aliphatic heterocycles. The number of hydrazine groups is 1. The highest BCUT2D eigenvalue weighted by Crippen LogP contribution is 2.46. The van der Waals surface area contributed by atoms with Gasteiger partial charge in [0.15, 0.2) is 6.10 Å². The summed E-state index contributed by atoms with van der Waals surface area (Å²) < 4.78 is 59.1. The van der Waals surface area contributed by atoms with Gasteiger partial charge in [0.25, 0.3) is 0 Å². The first-order valence-electron chi connectivity index (χ1n) is 5.81. The lowest BCUT2D eigenvalue weighted by atomic mass is 9.62. The molecule has 1 saturated heterocycles. The Kier molecular flexibility index (Phi) is 4.19. The Bertz CT molecular complexity index is 356. The fourth-order valence-corrected chi connectivity index (χ4v) is 3.04. The van der Waals surface area contributed by atoms with Crippen LogP contribution in [0.5, 0.6) is 0 Å². The number of nitrogens with one attached hydrogen (secondary N) is 2. The second-order valence-electron chi connectivity index (χ2n) is 5.13. The Morgan fingerprint density at radius 3 is 2.47 bits per heavy atom. The number of hydrogen-bond acceptors (Lipinski definition) is 5. The van der Waals surface area contributed by atoms with E-state index in [1.807, 2.05) is 0 Å². The lowest BCUT2D eigenvalue weighted by molar-refractivity contribution is -0.204. The van der Waals surface area contributed by atoms with Gasteiger partial charge < -0.3 is 15.0 Å². The summed E-state index contributed by atoms with van der Waals surface area (Å²) >= 11 is -2.66. The maximum Gasteiger partial charge on any atom is 0.415 e. The minimum atomic E-state index is -4.76. The van der Waals surface area contributed by atoms with E-state index >= 15 is 0 Å². The van der Waals surface area contributed by atoms with Crippen LogP contribution in [0.1, 0.15) is 12.8 Å². The topological polar surface area (TPSA) is 87.7 Å². The first-order chi connectivity index (χ1) is 8.73. The lowest BCUT2D eigenvalue weighted by Gasteiger charge is -2.57. The standard InChI is InChI=1S/C9H16F3N3O3S/c10-9(11,12)7(16)3-14-15(19(17)18)6-1-8(2-6)4-13-5-8/h6-7,13-14,16H,1-5H2,(H,17,18)/p-1. The zero-order valence-corrected chi connectivity index (χ0v) is 10.8. The van der Waals surface area contributed by atoms with Crippen molar-refractivity contribution in [1.82, 2.24) is 15.2 Å². The van der Waals surface area contributed by atoms with E-state index in [0.29, 0.717) is 12.8 Å². The van der Waals surface area contributed by atoms with E-state index in [2.05, 4.69) is 10.7 Å². The molecule has 19 heavy (non-hydrogen) atoms. The number of aliphatic hydroxyl groups excluding tert-OH is 1. The van der Waals surface area contributed by atoms with Crippen molar-refractivity contribution in [3.8, 4) is 0 Å². The molecule has 2 rings (SSSR count). The molecule has 0 radical (unpaired) electrons. The second-order valence-corrected chi connectivity index (χ2v) is 5.96. The van der Waals surface area contributed by atoms with Crippen LogP contribution in [0.2, 0.25) is 0 Å². The smallest absolute Gasteiger partial charge is 0.415 e. The van der Waals surface area contributed by atoms with Crippen molar-refractivity contribution in [3.63, 3.8) is 0 Å². The molecule has 3 N–H and O–H groups in total. The van der Waals surface area contributed by atoms with E-state index in [-0.39, 0.29) is 11.5 Å². The molecule has 112 valence electrons. The van der Waals surface area contributed by atoms with Crippen LogP contribution in [-0.2, 0) is 11.3 Å². The molecule has 1 heterocycles. The highest BCUT2D eigenvalue weighted by Gasteiger charge is 2.51. The van der Waals surface area contributed by atoms with Gasteiger partial charge in [0, 0.05) is 36.9 Å². The Labute approximate surface area is 110 Å². The fourth-order valence-electron chi connectivity index (χ4n) is 2.47. The van der Waals surface area contributed by atoms with Crippen LogP contribution in [0.3, 0.4) is 0 Å². The van der Waals surface area contributed by atoms with Crippen molar-refractivity contribution >= 4 is 11.3 Å². The SMILES string of the molecule is O=S([O-])N(NCC(O)C(F)(F)F)C1CC2(CNC2)C1. The van der Waals surface area contributed by atoms with Crippen molar-refractivity contribution in [1.29, 1.82) is 0 Å². The van der Waals surface area contributed by atoms with Crippen molar-refractivity contribution in [2.45, 2.75) is 31.2 Å². The molecular formula is C9H15F3N3O3S-. The van der Waals surface area contributed by atoms with Crippen LogP contribution in [0.15, 0.2) is 0 Å². The number of nitrogens with zero attached hydrogens (tertiary/aromatic N) is 1. The predicted octanol–water partition coefficient (Wildman–Crippen LogP) is -0.738. The molecule has 0 bridgehead atoms. The van der Waals surface area contributed by atoms with Gasteiger partial charge in [0.05, 0.1) is 0 Å². The van der Waals surface area contributed by atoms with Crippen molar-refractivity contribution in [2.24, 2.45) is 5.41 Å². The number of aliphatic hydroxyl groups is 1. The third-order valence-corrected chi connectivity index (χ3v) is 4.40. The minimum Gasteiger partial charge on any atom is -0.759 e. The van der Waals surface area contributed by atoms with Gasteiger partial charge in [-0.2, -0.15) is 17.6 Å². The zero-order chi connectivity index (χ0) is 14.3. The van der Waals surface area contributed by atoms with Crippen molar-refractivity contribution in [3.05, 3.63) is 0 Å². The van der Waals surface area contributed by atoms with Crippen LogP contribution in [-0.4, -0.2) is 56.2 Å². The van der Waals surface area contributed by atoms with Crippen LogP contribution in [0.4, 0.5) is 13.2 Å². The first-order valence-corrected chi connectivity index (χ1v) is 6.84. The van der Waals surface area contributed by atoms with Gasteiger partial charge in [-0.1, -0.05) is 0 Å². The molecule has 6 nitrogen and oxygen atoms in total. The molecule has 2 fully saturated rings. The molecule has 1 spiro atoms. The highest BCUT2D eigenvalue weighted by molar-refractivity contribution is 7.76. The van der Waals surface area contributed by atoms with Crippen LogP contribution in [0.25, 0.3) is 0 Å². The molecule has 1 aliphatic carbocycles. The van der Waals surface area contributed by atoms with E-state index < -0.39 is 30.1 Å². The summed E-state index contributed by atoms with van der Waals surface area (Å²) in [5.74, 6) is 0. The Hall–Kier alpha value is -0.260. The fraction of sp³-hybridized carbons (Fsp3) is 1.00. The zero-order valence-electron chi connectivity index (χ0n) is 9.94. The highest BCUT2D eigenvalue weighted by atomic mass is 32.2. The lowest BCUT2D eigenvalue weighted by Crippen LogP contribution is -2.67. The van der Waals surface area contributed by atoms with Crippen molar-refractivity contribution in [2.75, 3.05) is 19.6 Å². The molecule has 2 aliphatic rings. The first kappa shape index (κ1) is 15.1. The number of halogens is 3. The largest absolute Gasteiger partial charge is 0.759 e. The van der Waals surface area contributed by atoms with E-state index in [4.69, 9.17) is 5.11 Å². The summed E-state index contributed by atoms with van der Waals surface area (Å²) in [5, 5.41) is 11.9. The predicted molar refractivity (Wildman–Crippen MR) is 59.1 cm³/mol. The molecule has 0 aromatic heterocycles. The summed E-state index contributed by atoms with van der Waals surface area (Å²) in [4.78, 5) is 0. The van der Waals surface area contributed by atoms with Gasteiger partial charge in [0.1, 0.15) is 0 Å². The van der Waals surface area contributed by atoms with Gasteiger partial charge in [-0.05, 0) is 18.3 Å². The molecule has 1 saturated carbocycles. The maximum atomic E-state index is 12.1. The van der Waals surface area contributed by atoms with E-state index in [1.165, 1.54) is 0 Å². The summed E-state index contributed by atoms with van der Waals surface area (Å²) in [5.41, 5.74) is 2.25. The third-order valence-electron chi connectivity index (χ3n) is 3.65. The van der Waals surface area contributed by atoms with Gasteiger partial charge in [-0.15, -0.1) is 0 Å². The summed E-state index contributed by atoms with van der Waals surface area (Å²) in [6.07, 6.45) is -6.12. The average Bonchev–Trinajstić information content (AvgIpc) is 2.15. The monoisotopic (exact) mass is 302 g/mol. The van der Waals surface area contributed by atoms with Crippen molar-refractivity contribution < 1.29 is 27.0 Å². The Morgan fingerprint density at radius 1 is 1.53 bits per heavy atom. The molecule has 0 aromatic carbocycles. The molecule has 0 amide bonds. The molecule has 10 heteroatoms. The molecule has 2 unspecified atom stereocenters. The van der Waals surface area contributed by atoms with Gasteiger partial charge in [0.2, 0.25) is 0 Å². The van der Waals surface area contributed by atoms with Crippen LogP contribution >= 0.6 is 0 Å². The number of hydrogen-bond donors (Lipinski definition) is 3. The average molecular weight is 302 g/mol. The molecule has 2 atom stereocenters. The number of alkyl halides is 3. The molecular weight excluding hydrogens is 287 g/mol. The van der Waals surface area contributed by atoms with E-state index in [9.17, 15) is 21.9 Å². The van der Waals surface area contributed by atoms with Crippen LogP contribution in [0, 0.1) is 5.41 Å². The third kappa shape index (κ3) is 3.26. The van der Waals surface area contributed by atoms with Crippen LogP contribution < -0.4 is 10.7 Å². The maximum absolute atomic E-state index is 12.1. The summed E-state index contributed by atoms with van der Waals surface area (Å²) in [6.45, 7) is 0.751. The van der Waals surface area contributed by atoms with E-state index in [0.717, 1.165) is 17.5 Å². The Balaban J connectivity index is 1.82. The second kappa shape index (κ2) is 5.26. The summed E-state index contributed by atoms with van der Waals surface area (Å²) in [6, 6.07) is -0.346. The van der Waals surface area contributed by atoms with E-state index in [1.54, 1.807) is 0 Å². The Morgan fingerprint density at radius 2 is 2.11 bits per heavy atom. The summed E-state index contributed by atoms with van der Waals surface area (Å²) in [7, 11) is 0. The quantitative estimate of drug-likeness (QED) is 0.460. The van der Waals surface area contributed by atoms with Gasteiger partial charge in [-0.25, -0.2) is 5.43 Å². The van der Waals surface area contributed by atoms with Gasteiger partial charge in [-0.3, -0.25) is 4.21 Å². The number of rotatable bonds is 5. The van der Waals surface area contributed by atoms with Gasteiger partial charge >= 0.3 is 6.18 Å².